The molecule has 0 aromatic heterocycles. The van der Waals surface area contributed by atoms with Gasteiger partial charge in [-0.15, -0.1) is 0 Å². The van der Waals surface area contributed by atoms with Crippen LogP contribution in [0, 0.1) is 17.2 Å². The summed E-state index contributed by atoms with van der Waals surface area (Å²) in [5.41, 5.74) is 1.04. The van der Waals surface area contributed by atoms with Crippen molar-refractivity contribution in [2.45, 2.75) is 70.6 Å². The van der Waals surface area contributed by atoms with Crippen molar-refractivity contribution >= 4 is 11.9 Å². The molecule has 2 unspecified atom stereocenters. The molecule has 0 N–H and O–H groups in total. The van der Waals surface area contributed by atoms with E-state index in [0.29, 0.717) is 12.0 Å². The molecule has 2 heterocycles. The topological polar surface area (TPSA) is 70.4 Å². The zero-order valence-corrected chi connectivity index (χ0v) is 15.7. The highest BCUT2D eigenvalue weighted by molar-refractivity contribution is 5.84. The number of ketones is 1. The fraction of sp³-hybridized carbons (Fsp3) is 0.571. The van der Waals surface area contributed by atoms with Crippen LogP contribution in [0.25, 0.3) is 0 Å². The summed E-state index contributed by atoms with van der Waals surface area (Å²) < 4.78 is 5.55. The highest BCUT2D eigenvalue weighted by Crippen LogP contribution is 2.40. The van der Waals surface area contributed by atoms with Crippen molar-refractivity contribution in [2.24, 2.45) is 5.92 Å². The van der Waals surface area contributed by atoms with Crippen LogP contribution in [0.4, 0.5) is 4.79 Å². The molecule has 2 atom stereocenters. The number of piperidine rings is 1. The first kappa shape index (κ1) is 18.4. The van der Waals surface area contributed by atoms with Gasteiger partial charge < -0.3 is 9.64 Å². The van der Waals surface area contributed by atoms with E-state index in [1.165, 1.54) is 0 Å². The maximum absolute atomic E-state index is 12.7. The summed E-state index contributed by atoms with van der Waals surface area (Å²) in [5.74, 6) is 0.234. The maximum atomic E-state index is 12.7. The van der Waals surface area contributed by atoms with Crippen molar-refractivity contribution in [3.8, 4) is 6.07 Å². The first-order valence-corrected chi connectivity index (χ1v) is 9.30. The number of carbonyl (C=O) groups excluding carboxylic acids is 2. The third-order valence-corrected chi connectivity index (χ3v) is 5.25. The van der Waals surface area contributed by atoms with E-state index in [9.17, 15) is 9.59 Å². The SMILES string of the molecule is CC(C)(C)OC(=O)N1C2CCC1CC(C(=O)Cc1ccc(C#N)cc1)C2. The Morgan fingerprint density at radius 2 is 1.73 bits per heavy atom. The Bertz CT molecular complexity index is 713. The van der Waals surface area contributed by atoms with Crippen molar-refractivity contribution in [1.29, 1.82) is 5.26 Å². The molecule has 2 aliphatic heterocycles. The lowest BCUT2D eigenvalue weighted by Gasteiger charge is -2.39. The largest absolute Gasteiger partial charge is 0.444 e. The molecule has 0 aliphatic carbocycles. The standard InChI is InChI=1S/C21H26N2O3/c1-21(2,3)26-20(25)23-17-8-9-18(23)12-16(11-17)19(24)10-14-4-6-15(13-22)7-5-14/h4-7,16-18H,8-12H2,1-3H3. The number of benzene rings is 1. The maximum Gasteiger partial charge on any atom is 0.410 e. The Labute approximate surface area is 154 Å². The van der Waals surface area contributed by atoms with Crippen LogP contribution < -0.4 is 0 Å². The van der Waals surface area contributed by atoms with Gasteiger partial charge in [-0.2, -0.15) is 5.26 Å². The van der Waals surface area contributed by atoms with Crippen LogP contribution in [0.1, 0.15) is 57.6 Å². The minimum Gasteiger partial charge on any atom is -0.444 e. The van der Waals surface area contributed by atoms with Crippen LogP contribution in [0.3, 0.4) is 0 Å². The van der Waals surface area contributed by atoms with Crippen molar-refractivity contribution < 1.29 is 14.3 Å². The van der Waals surface area contributed by atoms with Gasteiger partial charge in [0.05, 0.1) is 11.6 Å². The quantitative estimate of drug-likeness (QED) is 0.827. The normalized spacial score (nSPS) is 24.8. The third kappa shape index (κ3) is 4.07. The van der Waals surface area contributed by atoms with Gasteiger partial charge in [0.1, 0.15) is 11.4 Å². The molecule has 2 bridgehead atoms. The molecule has 26 heavy (non-hydrogen) atoms. The van der Waals surface area contributed by atoms with Crippen LogP contribution in [0.15, 0.2) is 24.3 Å². The Hall–Kier alpha value is -2.35. The van der Waals surface area contributed by atoms with Crippen LogP contribution in [-0.4, -0.2) is 34.5 Å². The lowest BCUT2D eigenvalue weighted by atomic mass is 9.85. The lowest BCUT2D eigenvalue weighted by Crippen LogP contribution is -2.49. The number of hydrogen-bond acceptors (Lipinski definition) is 4. The molecule has 5 nitrogen and oxygen atoms in total. The van der Waals surface area contributed by atoms with Gasteiger partial charge in [-0.25, -0.2) is 4.79 Å². The summed E-state index contributed by atoms with van der Waals surface area (Å²) in [6, 6.07) is 9.50. The van der Waals surface area contributed by atoms with E-state index in [4.69, 9.17) is 10.00 Å². The summed E-state index contributed by atoms with van der Waals surface area (Å²) in [5, 5.41) is 8.86. The van der Waals surface area contributed by atoms with E-state index < -0.39 is 5.60 Å². The summed E-state index contributed by atoms with van der Waals surface area (Å²) in [7, 11) is 0. The predicted molar refractivity (Wildman–Crippen MR) is 97.5 cm³/mol. The third-order valence-electron chi connectivity index (χ3n) is 5.25. The van der Waals surface area contributed by atoms with Crippen molar-refractivity contribution in [3.63, 3.8) is 0 Å². The number of ether oxygens (including phenoxy) is 1. The molecular weight excluding hydrogens is 328 g/mol. The van der Waals surface area contributed by atoms with Crippen molar-refractivity contribution in [2.75, 3.05) is 0 Å². The molecule has 1 aromatic rings. The van der Waals surface area contributed by atoms with Crippen LogP contribution in [-0.2, 0) is 16.0 Å². The minimum absolute atomic E-state index is 0.00169. The Kier molecular flexibility index (Phi) is 5.04. The van der Waals surface area contributed by atoms with Gasteiger partial charge in [0.15, 0.2) is 0 Å². The van der Waals surface area contributed by atoms with Crippen molar-refractivity contribution in [1.82, 2.24) is 4.90 Å². The van der Waals surface area contributed by atoms with E-state index in [0.717, 1.165) is 31.2 Å². The van der Waals surface area contributed by atoms with E-state index in [1.54, 1.807) is 12.1 Å². The molecule has 0 radical (unpaired) electrons. The molecule has 2 saturated heterocycles. The average Bonchev–Trinajstić information content (AvgIpc) is 2.84. The van der Waals surface area contributed by atoms with Crippen LogP contribution in [0.5, 0.6) is 0 Å². The van der Waals surface area contributed by atoms with E-state index in [-0.39, 0.29) is 29.9 Å². The molecule has 2 fully saturated rings. The molecule has 1 aromatic carbocycles. The number of carbonyl (C=O) groups is 2. The average molecular weight is 354 g/mol. The highest BCUT2D eigenvalue weighted by atomic mass is 16.6. The Morgan fingerprint density at radius 1 is 1.15 bits per heavy atom. The number of nitriles is 1. The van der Waals surface area contributed by atoms with E-state index >= 15 is 0 Å². The predicted octanol–water partition coefficient (Wildman–Crippen LogP) is 3.85. The molecule has 0 spiro atoms. The Balaban J connectivity index is 1.62. The number of hydrogen-bond donors (Lipinski definition) is 0. The monoisotopic (exact) mass is 354 g/mol. The number of nitrogens with zero attached hydrogens (tertiary/aromatic N) is 2. The summed E-state index contributed by atoms with van der Waals surface area (Å²) >= 11 is 0. The van der Waals surface area contributed by atoms with E-state index in [2.05, 4.69) is 6.07 Å². The number of Topliss-reactive ketones (excluding diaryl/α,β-unsaturated/α-hetero) is 1. The molecule has 138 valence electrons. The summed E-state index contributed by atoms with van der Waals surface area (Å²) in [6.45, 7) is 5.63. The zero-order valence-electron chi connectivity index (χ0n) is 15.7. The van der Waals surface area contributed by atoms with Gasteiger partial charge in [0.25, 0.3) is 0 Å². The van der Waals surface area contributed by atoms with Gasteiger partial charge in [0, 0.05) is 24.4 Å². The molecular formula is C21H26N2O3. The van der Waals surface area contributed by atoms with Crippen LogP contribution >= 0.6 is 0 Å². The summed E-state index contributed by atoms with van der Waals surface area (Å²) in [4.78, 5) is 27.1. The highest BCUT2D eigenvalue weighted by Gasteiger charge is 2.46. The number of rotatable bonds is 3. The first-order chi connectivity index (χ1) is 12.3. The second kappa shape index (κ2) is 7.11. The van der Waals surface area contributed by atoms with Gasteiger partial charge in [-0.1, -0.05) is 12.1 Å². The van der Waals surface area contributed by atoms with Crippen LogP contribution in [0.2, 0.25) is 0 Å². The van der Waals surface area contributed by atoms with Crippen molar-refractivity contribution in [3.05, 3.63) is 35.4 Å². The molecule has 5 heteroatoms. The summed E-state index contributed by atoms with van der Waals surface area (Å²) in [6.07, 6.45) is 3.50. The van der Waals surface area contributed by atoms with Gasteiger partial charge in [0.2, 0.25) is 0 Å². The van der Waals surface area contributed by atoms with E-state index in [1.807, 2.05) is 37.8 Å². The lowest BCUT2D eigenvalue weighted by molar-refractivity contribution is -0.124. The van der Waals surface area contributed by atoms with Gasteiger partial charge in [-0.05, 0) is 64.2 Å². The van der Waals surface area contributed by atoms with Gasteiger partial charge in [-0.3, -0.25) is 4.79 Å². The molecule has 3 rings (SSSR count). The second-order valence-electron chi connectivity index (χ2n) is 8.39. The fourth-order valence-electron chi connectivity index (χ4n) is 4.10. The molecule has 0 saturated carbocycles. The fourth-order valence-corrected chi connectivity index (χ4v) is 4.10. The van der Waals surface area contributed by atoms with Gasteiger partial charge >= 0.3 is 6.09 Å². The zero-order chi connectivity index (χ0) is 18.9. The molecule has 1 amide bonds. The number of amides is 1. The minimum atomic E-state index is -0.501. The molecule has 2 aliphatic rings. The second-order valence-corrected chi connectivity index (χ2v) is 8.39. The smallest absolute Gasteiger partial charge is 0.410 e. The number of fused-ring (bicyclic) bond motifs is 2. The first-order valence-electron chi connectivity index (χ1n) is 9.30. The Morgan fingerprint density at radius 3 is 2.23 bits per heavy atom.